The van der Waals surface area contributed by atoms with Crippen LogP contribution in [0.4, 0.5) is 11.6 Å². The molecule has 0 bridgehead atoms. The van der Waals surface area contributed by atoms with Gasteiger partial charge in [-0.05, 0) is 6.07 Å². The molecule has 0 spiro atoms. The molecule has 1 aliphatic heterocycles. The summed E-state index contributed by atoms with van der Waals surface area (Å²) >= 11 is 0. The van der Waals surface area contributed by atoms with Gasteiger partial charge in [-0.3, -0.25) is 0 Å². The number of nitrogen functional groups attached to an aromatic ring is 1. The molecule has 0 radical (unpaired) electrons. The Morgan fingerprint density at radius 2 is 1.96 bits per heavy atom. The summed E-state index contributed by atoms with van der Waals surface area (Å²) in [5.41, 5.74) is 5.83. The Balaban J connectivity index is 1.54. The lowest BCUT2D eigenvalue weighted by atomic mass is 10.4. The maximum Gasteiger partial charge on any atom is 0.320 e. The molecule has 2 aromatic heterocycles. The number of ether oxygens (including phenoxy) is 3. The Labute approximate surface area is 134 Å². The lowest BCUT2D eigenvalue weighted by Gasteiger charge is -2.27. The second-order valence-electron chi connectivity index (χ2n) is 4.90. The van der Waals surface area contributed by atoms with E-state index >= 15 is 0 Å². The molecule has 23 heavy (non-hydrogen) atoms. The number of nitrogens with two attached hydrogens (primary N) is 1. The minimum atomic E-state index is 0.246. The van der Waals surface area contributed by atoms with Crippen LogP contribution in [0, 0.1) is 0 Å². The maximum absolute atomic E-state index is 5.83. The molecule has 0 aromatic carbocycles. The molecule has 122 valence electrons. The molecule has 1 saturated heterocycles. The van der Waals surface area contributed by atoms with Crippen molar-refractivity contribution in [3.8, 4) is 11.9 Å². The molecule has 2 aromatic rings. The van der Waals surface area contributed by atoms with E-state index in [0.717, 1.165) is 18.9 Å². The summed E-state index contributed by atoms with van der Waals surface area (Å²) in [7, 11) is 0. The largest absolute Gasteiger partial charge is 0.474 e. The van der Waals surface area contributed by atoms with Crippen LogP contribution in [-0.2, 0) is 4.74 Å². The average Bonchev–Trinajstić information content (AvgIpc) is 2.60. The third kappa shape index (κ3) is 4.43. The molecule has 2 N–H and O–H groups in total. The second-order valence-corrected chi connectivity index (χ2v) is 4.90. The number of hydrogen-bond donors (Lipinski definition) is 1. The van der Waals surface area contributed by atoms with Crippen LogP contribution in [0.2, 0.25) is 0 Å². The molecule has 0 unspecified atom stereocenters. The van der Waals surface area contributed by atoms with Crippen molar-refractivity contribution in [3.05, 3.63) is 30.5 Å². The minimum Gasteiger partial charge on any atom is -0.474 e. The van der Waals surface area contributed by atoms with Gasteiger partial charge in [-0.2, -0.15) is 9.97 Å². The average molecular weight is 317 g/mol. The first-order chi connectivity index (χ1) is 11.3. The molecule has 8 heteroatoms. The van der Waals surface area contributed by atoms with Crippen molar-refractivity contribution in [1.82, 2.24) is 15.0 Å². The highest BCUT2D eigenvalue weighted by atomic mass is 16.5. The number of aromatic nitrogens is 3. The Bertz CT molecular complexity index is 620. The second kappa shape index (κ2) is 7.59. The number of nitrogens with zero attached hydrogens (tertiary/aromatic N) is 4. The van der Waals surface area contributed by atoms with E-state index in [2.05, 4.69) is 19.9 Å². The van der Waals surface area contributed by atoms with E-state index in [0.29, 0.717) is 38.1 Å². The van der Waals surface area contributed by atoms with E-state index in [4.69, 9.17) is 19.9 Å². The Kier molecular flexibility index (Phi) is 5.05. The zero-order chi connectivity index (χ0) is 15.9. The summed E-state index contributed by atoms with van der Waals surface area (Å²) in [4.78, 5) is 14.6. The SMILES string of the molecule is Nc1cc(N2CCOCC2)nc(OCCOc2ccccn2)n1. The van der Waals surface area contributed by atoms with Gasteiger partial charge in [-0.25, -0.2) is 4.98 Å². The lowest BCUT2D eigenvalue weighted by Crippen LogP contribution is -2.36. The fraction of sp³-hybridized carbons (Fsp3) is 0.400. The van der Waals surface area contributed by atoms with Crippen LogP contribution < -0.4 is 20.1 Å². The third-order valence-corrected chi connectivity index (χ3v) is 3.25. The van der Waals surface area contributed by atoms with Gasteiger partial charge in [0.05, 0.1) is 13.2 Å². The molecule has 1 aliphatic rings. The van der Waals surface area contributed by atoms with Gasteiger partial charge in [-0.15, -0.1) is 0 Å². The smallest absolute Gasteiger partial charge is 0.320 e. The van der Waals surface area contributed by atoms with Gasteiger partial charge < -0.3 is 24.8 Å². The normalized spacial score (nSPS) is 14.5. The van der Waals surface area contributed by atoms with Gasteiger partial charge >= 0.3 is 6.01 Å². The van der Waals surface area contributed by atoms with Crippen molar-refractivity contribution >= 4 is 11.6 Å². The molecule has 8 nitrogen and oxygen atoms in total. The van der Waals surface area contributed by atoms with E-state index in [1.165, 1.54) is 0 Å². The first-order valence-corrected chi connectivity index (χ1v) is 7.45. The molecule has 3 rings (SSSR count). The monoisotopic (exact) mass is 317 g/mol. The number of anilines is 2. The van der Waals surface area contributed by atoms with Crippen molar-refractivity contribution < 1.29 is 14.2 Å². The Morgan fingerprint density at radius 3 is 2.74 bits per heavy atom. The minimum absolute atomic E-state index is 0.246. The molecule has 0 atom stereocenters. The highest BCUT2D eigenvalue weighted by Gasteiger charge is 2.14. The predicted molar refractivity (Wildman–Crippen MR) is 84.7 cm³/mol. The van der Waals surface area contributed by atoms with Crippen LogP contribution in [-0.4, -0.2) is 54.5 Å². The quantitative estimate of drug-likeness (QED) is 0.780. The maximum atomic E-state index is 5.83. The van der Waals surface area contributed by atoms with Gasteiger partial charge in [0, 0.05) is 31.4 Å². The van der Waals surface area contributed by atoms with Gasteiger partial charge in [0.15, 0.2) is 0 Å². The van der Waals surface area contributed by atoms with Crippen molar-refractivity contribution in [3.63, 3.8) is 0 Å². The van der Waals surface area contributed by atoms with Gasteiger partial charge in [0.1, 0.15) is 24.8 Å². The van der Waals surface area contributed by atoms with E-state index in [1.54, 1.807) is 18.3 Å². The standard InChI is InChI=1S/C15H19N5O3/c16-12-11-13(20-5-7-21-8-6-20)19-15(18-12)23-10-9-22-14-3-1-2-4-17-14/h1-4,11H,5-10H2,(H2,16,18,19). The molecule has 0 saturated carbocycles. The first-order valence-electron chi connectivity index (χ1n) is 7.45. The van der Waals surface area contributed by atoms with E-state index in [-0.39, 0.29) is 6.01 Å². The topological polar surface area (TPSA) is 95.6 Å². The number of rotatable bonds is 6. The van der Waals surface area contributed by atoms with Crippen LogP contribution in [0.1, 0.15) is 0 Å². The predicted octanol–water partition coefficient (Wildman–Crippen LogP) is 0.748. The number of hydrogen-bond acceptors (Lipinski definition) is 8. The third-order valence-electron chi connectivity index (χ3n) is 3.25. The Hall–Kier alpha value is -2.61. The fourth-order valence-electron chi connectivity index (χ4n) is 2.16. The first kappa shape index (κ1) is 15.3. The molecular formula is C15H19N5O3. The molecule has 1 fully saturated rings. The highest BCUT2D eigenvalue weighted by molar-refractivity contribution is 5.48. The lowest BCUT2D eigenvalue weighted by molar-refractivity contribution is 0.122. The van der Waals surface area contributed by atoms with E-state index < -0.39 is 0 Å². The summed E-state index contributed by atoms with van der Waals surface area (Å²) in [5.74, 6) is 1.68. The van der Waals surface area contributed by atoms with Gasteiger partial charge in [0.25, 0.3) is 0 Å². The summed E-state index contributed by atoms with van der Waals surface area (Å²) in [6, 6.07) is 7.46. The summed E-state index contributed by atoms with van der Waals surface area (Å²) in [5, 5.41) is 0. The van der Waals surface area contributed by atoms with E-state index in [9.17, 15) is 0 Å². The zero-order valence-corrected chi connectivity index (χ0v) is 12.7. The van der Waals surface area contributed by atoms with Crippen LogP contribution >= 0.6 is 0 Å². The van der Waals surface area contributed by atoms with Crippen LogP contribution in [0.25, 0.3) is 0 Å². The zero-order valence-electron chi connectivity index (χ0n) is 12.7. The highest BCUT2D eigenvalue weighted by Crippen LogP contribution is 2.18. The van der Waals surface area contributed by atoms with Crippen molar-refractivity contribution in [2.45, 2.75) is 0 Å². The summed E-state index contributed by atoms with van der Waals surface area (Å²) in [6.45, 7) is 3.57. The molecular weight excluding hydrogens is 298 g/mol. The van der Waals surface area contributed by atoms with Crippen molar-refractivity contribution in [2.24, 2.45) is 0 Å². The summed E-state index contributed by atoms with van der Waals surface area (Å²) < 4.78 is 16.3. The van der Waals surface area contributed by atoms with Crippen LogP contribution in [0.5, 0.6) is 11.9 Å². The molecule has 3 heterocycles. The van der Waals surface area contributed by atoms with Crippen molar-refractivity contribution in [1.29, 1.82) is 0 Å². The van der Waals surface area contributed by atoms with Crippen molar-refractivity contribution in [2.75, 3.05) is 50.2 Å². The number of morpholine rings is 1. The number of pyridine rings is 1. The van der Waals surface area contributed by atoms with Gasteiger partial charge in [0.2, 0.25) is 5.88 Å². The fourth-order valence-corrected chi connectivity index (χ4v) is 2.16. The van der Waals surface area contributed by atoms with Crippen LogP contribution in [0.3, 0.4) is 0 Å². The van der Waals surface area contributed by atoms with E-state index in [1.807, 2.05) is 12.1 Å². The summed E-state index contributed by atoms with van der Waals surface area (Å²) in [6.07, 6.45) is 1.67. The van der Waals surface area contributed by atoms with Crippen LogP contribution in [0.15, 0.2) is 30.5 Å². The van der Waals surface area contributed by atoms with Gasteiger partial charge in [-0.1, -0.05) is 6.07 Å². The Morgan fingerprint density at radius 1 is 1.13 bits per heavy atom. The molecule has 0 aliphatic carbocycles. The molecule has 0 amide bonds.